The molecule has 0 bridgehead atoms. The SMILES string of the molecule is CC=CC=CC(=O)NNC(=O)c1cc(OCC)c(OCC)c(OCC)c1. The van der Waals surface area contributed by atoms with Crippen molar-refractivity contribution in [1.29, 1.82) is 0 Å². The summed E-state index contributed by atoms with van der Waals surface area (Å²) < 4.78 is 16.7. The van der Waals surface area contributed by atoms with Crippen LogP contribution < -0.4 is 25.1 Å². The molecule has 2 N–H and O–H groups in total. The number of carbonyl (C=O) groups is 2. The number of hydrogen-bond acceptors (Lipinski definition) is 5. The number of allylic oxidation sites excluding steroid dienone is 3. The van der Waals surface area contributed by atoms with Crippen LogP contribution in [0.4, 0.5) is 0 Å². The maximum Gasteiger partial charge on any atom is 0.269 e. The summed E-state index contributed by atoms with van der Waals surface area (Å²) in [6.07, 6.45) is 6.36. The van der Waals surface area contributed by atoms with Crippen molar-refractivity contribution in [1.82, 2.24) is 10.9 Å². The Bertz CT molecular complexity index is 641. The van der Waals surface area contributed by atoms with Crippen LogP contribution in [0.2, 0.25) is 0 Å². The van der Waals surface area contributed by atoms with E-state index in [-0.39, 0.29) is 5.56 Å². The van der Waals surface area contributed by atoms with Gasteiger partial charge in [-0.2, -0.15) is 0 Å². The summed E-state index contributed by atoms with van der Waals surface area (Å²) in [6, 6.07) is 3.10. The number of hydrazine groups is 1. The Kier molecular flexibility index (Phi) is 9.38. The van der Waals surface area contributed by atoms with Crippen LogP contribution in [0.3, 0.4) is 0 Å². The Morgan fingerprint density at radius 3 is 2.00 bits per heavy atom. The molecule has 0 aliphatic heterocycles. The average molecular weight is 362 g/mol. The Balaban J connectivity index is 2.99. The van der Waals surface area contributed by atoms with Crippen molar-refractivity contribution in [3.63, 3.8) is 0 Å². The number of ether oxygens (including phenoxy) is 3. The molecule has 142 valence electrons. The molecule has 2 amide bonds. The van der Waals surface area contributed by atoms with E-state index in [9.17, 15) is 9.59 Å². The molecular weight excluding hydrogens is 336 g/mol. The standard InChI is InChI=1S/C19H26N2O5/c1-5-9-10-11-17(22)20-21-19(23)14-12-15(24-6-2)18(26-8-4)16(13-14)25-7-3/h5,9-13H,6-8H2,1-4H3,(H,20,22)(H,21,23). The van der Waals surface area contributed by atoms with E-state index >= 15 is 0 Å². The lowest BCUT2D eigenvalue weighted by molar-refractivity contribution is -0.117. The second-order valence-electron chi connectivity index (χ2n) is 4.93. The van der Waals surface area contributed by atoms with Gasteiger partial charge in [-0.15, -0.1) is 0 Å². The lowest BCUT2D eigenvalue weighted by Gasteiger charge is -2.17. The Labute approximate surface area is 154 Å². The van der Waals surface area contributed by atoms with Gasteiger partial charge in [-0.25, -0.2) is 0 Å². The largest absolute Gasteiger partial charge is 0.490 e. The average Bonchev–Trinajstić information content (AvgIpc) is 2.62. The number of amides is 2. The van der Waals surface area contributed by atoms with E-state index in [2.05, 4.69) is 10.9 Å². The number of nitrogens with one attached hydrogen (secondary N) is 2. The molecule has 7 heteroatoms. The molecule has 0 fully saturated rings. The first-order valence-electron chi connectivity index (χ1n) is 8.53. The van der Waals surface area contributed by atoms with E-state index in [1.807, 2.05) is 27.7 Å². The van der Waals surface area contributed by atoms with E-state index in [1.54, 1.807) is 30.4 Å². The number of hydrogen-bond donors (Lipinski definition) is 2. The fourth-order valence-electron chi connectivity index (χ4n) is 2.01. The van der Waals surface area contributed by atoms with Crippen LogP contribution >= 0.6 is 0 Å². The summed E-state index contributed by atoms with van der Waals surface area (Å²) in [6.45, 7) is 8.59. The highest BCUT2D eigenvalue weighted by Crippen LogP contribution is 2.39. The van der Waals surface area contributed by atoms with Crippen molar-refractivity contribution in [3.8, 4) is 17.2 Å². The van der Waals surface area contributed by atoms with E-state index < -0.39 is 11.8 Å². The van der Waals surface area contributed by atoms with Crippen LogP contribution in [-0.4, -0.2) is 31.6 Å². The highest BCUT2D eigenvalue weighted by molar-refractivity contribution is 5.97. The topological polar surface area (TPSA) is 85.9 Å². The normalized spacial score (nSPS) is 10.8. The zero-order valence-electron chi connectivity index (χ0n) is 15.6. The van der Waals surface area contributed by atoms with Crippen molar-refractivity contribution in [2.24, 2.45) is 0 Å². The molecule has 0 saturated heterocycles. The van der Waals surface area contributed by atoms with Gasteiger partial charge in [0.25, 0.3) is 11.8 Å². The fourth-order valence-corrected chi connectivity index (χ4v) is 2.01. The molecule has 0 aliphatic rings. The Morgan fingerprint density at radius 2 is 1.50 bits per heavy atom. The van der Waals surface area contributed by atoms with Gasteiger partial charge in [0, 0.05) is 11.6 Å². The van der Waals surface area contributed by atoms with Gasteiger partial charge in [0.05, 0.1) is 19.8 Å². The number of benzene rings is 1. The van der Waals surface area contributed by atoms with Gasteiger partial charge in [0.1, 0.15) is 0 Å². The smallest absolute Gasteiger partial charge is 0.269 e. The second-order valence-corrected chi connectivity index (χ2v) is 4.93. The zero-order chi connectivity index (χ0) is 19.4. The molecule has 0 aliphatic carbocycles. The summed E-state index contributed by atoms with van der Waals surface area (Å²) in [7, 11) is 0. The number of rotatable bonds is 9. The van der Waals surface area contributed by atoms with Crippen LogP contribution in [0.1, 0.15) is 38.1 Å². The lowest BCUT2D eigenvalue weighted by Crippen LogP contribution is -2.40. The summed E-state index contributed by atoms with van der Waals surface area (Å²) >= 11 is 0. The molecule has 0 unspecified atom stereocenters. The van der Waals surface area contributed by atoms with Crippen molar-refractivity contribution in [2.45, 2.75) is 27.7 Å². The molecule has 26 heavy (non-hydrogen) atoms. The van der Waals surface area contributed by atoms with Gasteiger partial charge >= 0.3 is 0 Å². The maximum absolute atomic E-state index is 12.3. The third kappa shape index (κ3) is 6.51. The van der Waals surface area contributed by atoms with Gasteiger partial charge in [-0.1, -0.05) is 18.2 Å². The minimum atomic E-state index is -0.497. The summed E-state index contributed by atoms with van der Waals surface area (Å²) in [5, 5.41) is 0. The summed E-state index contributed by atoms with van der Waals surface area (Å²) in [5.41, 5.74) is 4.94. The Morgan fingerprint density at radius 1 is 0.923 bits per heavy atom. The van der Waals surface area contributed by atoms with E-state index in [0.717, 1.165) is 0 Å². The molecule has 0 heterocycles. The zero-order valence-corrected chi connectivity index (χ0v) is 15.6. The molecule has 7 nitrogen and oxygen atoms in total. The highest BCUT2D eigenvalue weighted by Gasteiger charge is 2.18. The molecule has 0 spiro atoms. The third-order valence-corrected chi connectivity index (χ3v) is 3.02. The van der Waals surface area contributed by atoms with Crippen LogP contribution in [0.25, 0.3) is 0 Å². The van der Waals surface area contributed by atoms with E-state index in [1.165, 1.54) is 6.08 Å². The quantitative estimate of drug-likeness (QED) is 0.401. The van der Waals surface area contributed by atoms with Crippen LogP contribution in [0.15, 0.2) is 36.4 Å². The molecule has 0 saturated carbocycles. The highest BCUT2D eigenvalue weighted by atomic mass is 16.5. The van der Waals surface area contributed by atoms with Gasteiger partial charge in [-0.3, -0.25) is 20.4 Å². The van der Waals surface area contributed by atoms with E-state index in [4.69, 9.17) is 14.2 Å². The molecular formula is C19H26N2O5. The van der Waals surface area contributed by atoms with Crippen molar-refractivity contribution in [3.05, 3.63) is 42.0 Å². The summed E-state index contributed by atoms with van der Waals surface area (Å²) in [4.78, 5) is 24.0. The monoisotopic (exact) mass is 362 g/mol. The molecule has 1 aromatic carbocycles. The van der Waals surface area contributed by atoms with Crippen molar-refractivity contribution < 1.29 is 23.8 Å². The van der Waals surface area contributed by atoms with Crippen molar-refractivity contribution in [2.75, 3.05) is 19.8 Å². The lowest BCUT2D eigenvalue weighted by atomic mass is 10.1. The second kappa shape index (κ2) is 11.6. The first-order valence-corrected chi connectivity index (χ1v) is 8.53. The maximum atomic E-state index is 12.3. The Hall–Kier alpha value is -2.96. The minimum Gasteiger partial charge on any atom is -0.490 e. The van der Waals surface area contributed by atoms with Gasteiger partial charge < -0.3 is 14.2 Å². The number of carbonyl (C=O) groups excluding carboxylic acids is 2. The molecule has 1 aromatic rings. The molecule has 0 aromatic heterocycles. The molecule has 0 radical (unpaired) electrons. The molecule has 0 atom stereocenters. The predicted molar refractivity (Wildman–Crippen MR) is 99.5 cm³/mol. The van der Waals surface area contributed by atoms with Crippen LogP contribution in [0.5, 0.6) is 17.2 Å². The van der Waals surface area contributed by atoms with Crippen LogP contribution in [0, 0.1) is 0 Å². The van der Waals surface area contributed by atoms with Crippen LogP contribution in [-0.2, 0) is 4.79 Å². The summed E-state index contributed by atoms with van der Waals surface area (Å²) in [5.74, 6) is 0.320. The first kappa shape index (κ1) is 21.1. The minimum absolute atomic E-state index is 0.276. The third-order valence-electron chi connectivity index (χ3n) is 3.02. The van der Waals surface area contributed by atoms with E-state index in [0.29, 0.717) is 37.1 Å². The van der Waals surface area contributed by atoms with Crippen molar-refractivity contribution >= 4 is 11.8 Å². The predicted octanol–water partition coefficient (Wildman–Crippen LogP) is 2.78. The fraction of sp³-hybridized carbons (Fsp3) is 0.368. The van der Waals surface area contributed by atoms with Gasteiger partial charge in [0.15, 0.2) is 11.5 Å². The van der Waals surface area contributed by atoms with Gasteiger partial charge in [0.2, 0.25) is 5.75 Å². The first-order chi connectivity index (χ1) is 12.6. The molecule has 1 rings (SSSR count). The van der Waals surface area contributed by atoms with Gasteiger partial charge in [-0.05, 0) is 39.8 Å².